The first-order chi connectivity index (χ1) is 8.74. The zero-order chi connectivity index (χ0) is 13.4. The number of nitrogens with two attached hydrogens (primary N) is 1. The number of hydrogen-bond donors (Lipinski definition) is 2. The number of benzene rings is 1. The highest BCUT2D eigenvalue weighted by Gasteiger charge is 2.15. The summed E-state index contributed by atoms with van der Waals surface area (Å²) in [6.45, 7) is 4.48. The van der Waals surface area contributed by atoms with Crippen LogP contribution in [-0.2, 0) is 6.42 Å². The molecule has 0 aliphatic carbocycles. The van der Waals surface area contributed by atoms with Gasteiger partial charge in [0, 0.05) is 6.04 Å². The van der Waals surface area contributed by atoms with Gasteiger partial charge >= 0.3 is 0 Å². The van der Waals surface area contributed by atoms with Gasteiger partial charge in [0.25, 0.3) is 0 Å². The smallest absolute Gasteiger partial charge is 0.122 e. The van der Waals surface area contributed by atoms with E-state index in [1.54, 1.807) is 7.11 Å². The van der Waals surface area contributed by atoms with E-state index in [4.69, 9.17) is 10.6 Å². The summed E-state index contributed by atoms with van der Waals surface area (Å²) in [5.74, 6) is 7.36. The lowest BCUT2D eigenvalue weighted by molar-refractivity contribution is 0.359. The highest BCUT2D eigenvalue weighted by molar-refractivity contribution is 5.33. The van der Waals surface area contributed by atoms with Crippen molar-refractivity contribution in [3.63, 3.8) is 0 Å². The summed E-state index contributed by atoms with van der Waals surface area (Å²) < 4.78 is 5.38. The van der Waals surface area contributed by atoms with Gasteiger partial charge in [-0.3, -0.25) is 11.3 Å². The van der Waals surface area contributed by atoms with E-state index < -0.39 is 0 Å². The van der Waals surface area contributed by atoms with Crippen LogP contribution in [0.25, 0.3) is 0 Å². The summed E-state index contributed by atoms with van der Waals surface area (Å²) in [4.78, 5) is 0. The predicted octanol–water partition coefficient (Wildman–Crippen LogP) is 2.90. The number of rotatable bonds is 8. The third-order valence-corrected chi connectivity index (χ3v) is 3.67. The Kier molecular flexibility index (Phi) is 6.76. The molecule has 0 saturated heterocycles. The molecule has 1 unspecified atom stereocenters. The molecular formula is C15H26N2O. The fraction of sp³-hybridized carbons (Fsp3) is 0.600. The fourth-order valence-electron chi connectivity index (χ4n) is 2.37. The number of ether oxygens (including phenoxy) is 1. The Morgan fingerprint density at radius 2 is 1.89 bits per heavy atom. The van der Waals surface area contributed by atoms with Crippen molar-refractivity contribution in [3.8, 4) is 5.75 Å². The van der Waals surface area contributed by atoms with Gasteiger partial charge in [0.05, 0.1) is 7.11 Å². The maximum Gasteiger partial charge on any atom is 0.122 e. The topological polar surface area (TPSA) is 47.3 Å². The number of para-hydroxylation sites is 1. The standard InChI is InChI=1S/C15H26N2O/c1-4-12(5-2)10-14(17-16)11-13-8-6-7-9-15(13)18-3/h6-9,12,14,17H,4-5,10-11,16H2,1-3H3. The molecule has 1 aromatic rings. The largest absolute Gasteiger partial charge is 0.496 e. The normalized spacial score (nSPS) is 12.7. The maximum atomic E-state index is 5.68. The van der Waals surface area contributed by atoms with Crippen LogP contribution in [0.1, 0.15) is 38.7 Å². The lowest BCUT2D eigenvalue weighted by Gasteiger charge is -2.22. The Morgan fingerprint density at radius 1 is 1.22 bits per heavy atom. The molecule has 0 amide bonds. The van der Waals surface area contributed by atoms with E-state index in [1.807, 2.05) is 18.2 Å². The molecule has 0 aliphatic heterocycles. The molecule has 1 aromatic carbocycles. The Morgan fingerprint density at radius 3 is 2.44 bits per heavy atom. The minimum absolute atomic E-state index is 0.311. The minimum atomic E-state index is 0.311. The molecule has 1 atom stereocenters. The molecule has 18 heavy (non-hydrogen) atoms. The van der Waals surface area contributed by atoms with Gasteiger partial charge < -0.3 is 4.74 Å². The van der Waals surface area contributed by atoms with E-state index in [9.17, 15) is 0 Å². The van der Waals surface area contributed by atoms with Gasteiger partial charge in [-0.2, -0.15) is 0 Å². The summed E-state index contributed by atoms with van der Waals surface area (Å²) >= 11 is 0. The molecule has 0 aromatic heterocycles. The molecule has 0 heterocycles. The molecule has 3 nitrogen and oxygen atoms in total. The zero-order valence-electron chi connectivity index (χ0n) is 11.8. The second kappa shape index (κ2) is 8.11. The first kappa shape index (κ1) is 15.0. The summed E-state index contributed by atoms with van der Waals surface area (Å²) in [6.07, 6.45) is 4.44. The zero-order valence-corrected chi connectivity index (χ0v) is 11.8. The highest BCUT2D eigenvalue weighted by Crippen LogP contribution is 2.22. The molecule has 102 valence electrons. The van der Waals surface area contributed by atoms with Crippen molar-refractivity contribution in [2.45, 2.75) is 45.6 Å². The van der Waals surface area contributed by atoms with Crippen molar-refractivity contribution in [2.75, 3.05) is 7.11 Å². The van der Waals surface area contributed by atoms with Crippen LogP contribution >= 0.6 is 0 Å². The van der Waals surface area contributed by atoms with Crippen LogP contribution in [0.5, 0.6) is 5.75 Å². The highest BCUT2D eigenvalue weighted by atomic mass is 16.5. The molecule has 0 bridgehead atoms. The number of methoxy groups -OCH3 is 1. The SMILES string of the molecule is CCC(CC)CC(Cc1ccccc1OC)NN. The van der Waals surface area contributed by atoms with E-state index in [-0.39, 0.29) is 0 Å². The van der Waals surface area contributed by atoms with Crippen molar-refractivity contribution in [1.82, 2.24) is 5.43 Å². The predicted molar refractivity (Wildman–Crippen MR) is 76.5 cm³/mol. The minimum Gasteiger partial charge on any atom is -0.496 e. The van der Waals surface area contributed by atoms with Gasteiger partial charge in [0.2, 0.25) is 0 Å². The average molecular weight is 250 g/mol. The summed E-state index contributed by atoms with van der Waals surface area (Å²) in [6, 6.07) is 8.46. The average Bonchev–Trinajstić information content (AvgIpc) is 2.43. The van der Waals surface area contributed by atoms with Gasteiger partial charge in [-0.25, -0.2) is 0 Å². The Hall–Kier alpha value is -1.06. The first-order valence-electron chi connectivity index (χ1n) is 6.83. The molecule has 3 N–H and O–H groups in total. The van der Waals surface area contributed by atoms with E-state index in [0.717, 1.165) is 24.5 Å². The van der Waals surface area contributed by atoms with E-state index >= 15 is 0 Å². The summed E-state index contributed by atoms with van der Waals surface area (Å²) in [5, 5.41) is 0. The van der Waals surface area contributed by atoms with Crippen LogP contribution in [0.3, 0.4) is 0 Å². The van der Waals surface area contributed by atoms with Crippen LogP contribution in [0.2, 0.25) is 0 Å². The molecule has 0 radical (unpaired) electrons. The van der Waals surface area contributed by atoms with Crippen molar-refractivity contribution in [2.24, 2.45) is 11.8 Å². The summed E-state index contributed by atoms with van der Waals surface area (Å²) in [7, 11) is 1.71. The quantitative estimate of drug-likeness (QED) is 0.551. The van der Waals surface area contributed by atoms with Crippen LogP contribution in [0, 0.1) is 5.92 Å². The Labute approximate surface area is 111 Å². The van der Waals surface area contributed by atoms with Crippen molar-refractivity contribution < 1.29 is 4.74 Å². The molecule has 1 rings (SSSR count). The van der Waals surface area contributed by atoms with Crippen LogP contribution < -0.4 is 16.0 Å². The monoisotopic (exact) mass is 250 g/mol. The lowest BCUT2D eigenvalue weighted by atomic mass is 9.91. The molecule has 0 fully saturated rings. The molecular weight excluding hydrogens is 224 g/mol. The van der Waals surface area contributed by atoms with Crippen molar-refractivity contribution in [3.05, 3.63) is 29.8 Å². The first-order valence-corrected chi connectivity index (χ1v) is 6.83. The third-order valence-electron chi connectivity index (χ3n) is 3.67. The summed E-state index contributed by atoms with van der Waals surface area (Å²) in [5.41, 5.74) is 4.16. The lowest BCUT2D eigenvalue weighted by Crippen LogP contribution is -2.38. The maximum absolute atomic E-state index is 5.68. The van der Waals surface area contributed by atoms with E-state index in [1.165, 1.54) is 18.4 Å². The fourth-order valence-corrected chi connectivity index (χ4v) is 2.37. The van der Waals surface area contributed by atoms with Crippen LogP contribution in [0.4, 0.5) is 0 Å². The van der Waals surface area contributed by atoms with Gasteiger partial charge in [-0.05, 0) is 30.4 Å². The third kappa shape index (κ3) is 4.31. The van der Waals surface area contributed by atoms with Crippen molar-refractivity contribution in [1.29, 1.82) is 0 Å². The van der Waals surface area contributed by atoms with Gasteiger partial charge in [-0.1, -0.05) is 44.9 Å². The second-order valence-corrected chi connectivity index (χ2v) is 4.80. The van der Waals surface area contributed by atoms with Crippen LogP contribution in [0.15, 0.2) is 24.3 Å². The van der Waals surface area contributed by atoms with E-state index in [0.29, 0.717) is 6.04 Å². The number of hydrazine groups is 1. The van der Waals surface area contributed by atoms with E-state index in [2.05, 4.69) is 25.3 Å². The Bertz CT molecular complexity index is 337. The number of nitrogens with one attached hydrogen (secondary N) is 1. The number of hydrogen-bond acceptors (Lipinski definition) is 3. The van der Waals surface area contributed by atoms with Gasteiger partial charge in [0.1, 0.15) is 5.75 Å². The molecule has 0 aliphatic rings. The Balaban J connectivity index is 2.67. The molecule has 0 saturated carbocycles. The molecule has 0 spiro atoms. The van der Waals surface area contributed by atoms with Crippen molar-refractivity contribution >= 4 is 0 Å². The van der Waals surface area contributed by atoms with Crippen LogP contribution in [-0.4, -0.2) is 13.2 Å². The van der Waals surface area contributed by atoms with Gasteiger partial charge in [0.15, 0.2) is 0 Å². The van der Waals surface area contributed by atoms with Gasteiger partial charge in [-0.15, -0.1) is 0 Å². The second-order valence-electron chi connectivity index (χ2n) is 4.80. The molecule has 3 heteroatoms.